The molecular formula is C12H23N3O2. The third kappa shape index (κ3) is 3.40. The Morgan fingerprint density at radius 1 is 1.47 bits per heavy atom. The first-order valence-electron chi connectivity index (χ1n) is 6.56. The molecule has 17 heavy (non-hydrogen) atoms. The highest BCUT2D eigenvalue weighted by Gasteiger charge is 2.31. The summed E-state index contributed by atoms with van der Waals surface area (Å²) in [5.74, 6) is -0.752. The molecule has 4 N–H and O–H groups in total. The van der Waals surface area contributed by atoms with Gasteiger partial charge in [-0.1, -0.05) is 12.8 Å². The Bertz CT molecular complexity index is 277. The SMILES string of the molecule is NC1(CCN2CCNC(C(=O)O)C2)CCCC1. The molecule has 0 aromatic carbocycles. The van der Waals surface area contributed by atoms with E-state index in [1.165, 1.54) is 12.8 Å². The lowest BCUT2D eigenvalue weighted by Crippen LogP contribution is -2.55. The second kappa shape index (κ2) is 5.33. The number of nitrogens with two attached hydrogens (primary N) is 1. The van der Waals surface area contributed by atoms with E-state index in [1.807, 2.05) is 0 Å². The van der Waals surface area contributed by atoms with Crippen LogP contribution >= 0.6 is 0 Å². The lowest BCUT2D eigenvalue weighted by Gasteiger charge is -2.34. The zero-order chi connectivity index (χ0) is 12.3. The summed E-state index contributed by atoms with van der Waals surface area (Å²) < 4.78 is 0. The smallest absolute Gasteiger partial charge is 0.322 e. The lowest BCUT2D eigenvalue weighted by atomic mass is 9.94. The molecule has 1 aliphatic carbocycles. The Kier molecular flexibility index (Phi) is 4.01. The van der Waals surface area contributed by atoms with Crippen molar-refractivity contribution in [3.8, 4) is 0 Å². The summed E-state index contributed by atoms with van der Waals surface area (Å²) in [7, 11) is 0. The van der Waals surface area contributed by atoms with Gasteiger partial charge in [-0.3, -0.25) is 9.69 Å². The van der Waals surface area contributed by atoms with Crippen LogP contribution in [-0.2, 0) is 4.79 Å². The average Bonchev–Trinajstić information content (AvgIpc) is 2.75. The summed E-state index contributed by atoms with van der Waals surface area (Å²) >= 11 is 0. The molecule has 5 heteroatoms. The van der Waals surface area contributed by atoms with E-state index >= 15 is 0 Å². The zero-order valence-electron chi connectivity index (χ0n) is 10.3. The maximum absolute atomic E-state index is 10.9. The lowest BCUT2D eigenvalue weighted by molar-refractivity contribution is -0.140. The van der Waals surface area contributed by atoms with Crippen LogP contribution < -0.4 is 11.1 Å². The molecule has 1 aliphatic heterocycles. The number of carboxylic acids is 1. The molecule has 2 aliphatic rings. The molecule has 1 unspecified atom stereocenters. The van der Waals surface area contributed by atoms with E-state index < -0.39 is 12.0 Å². The highest BCUT2D eigenvalue weighted by molar-refractivity contribution is 5.73. The Balaban J connectivity index is 1.77. The van der Waals surface area contributed by atoms with Crippen LogP contribution in [0.25, 0.3) is 0 Å². The van der Waals surface area contributed by atoms with Crippen molar-refractivity contribution >= 4 is 5.97 Å². The second-order valence-corrected chi connectivity index (χ2v) is 5.47. The molecule has 5 nitrogen and oxygen atoms in total. The van der Waals surface area contributed by atoms with Crippen LogP contribution in [0.4, 0.5) is 0 Å². The molecule has 0 amide bonds. The van der Waals surface area contributed by atoms with Gasteiger partial charge in [0, 0.05) is 31.7 Å². The fraction of sp³-hybridized carbons (Fsp3) is 0.917. The molecule has 0 bridgehead atoms. The summed E-state index contributed by atoms with van der Waals surface area (Å²) in [5, 5.41) is 12.0. The van der Waals surface area contributed by atoms with E-state index in [9.17, 15) is 4.79 Å². The van der Waals surface area contributed by atoms with Crippen molar-refractivity contribution in [2.75, 3.05) is 26.2 Å². The molecule has 1 atom stereocenters. The van der Waals surface area contributed by atoms with Crippen molar-refractivity contribution in [3.63, 3.8) is 0 Å². The van der Waals surface area contributed by atoms with E-state index in [0.717, 1.165) is 38.9 Å². The molecule has 0 radical (unpaired) electrons. The van der Waals surface area contributed by atoms with Crippen molar-refractivity contribution in [1.82, 2.24) is 10.2 Å². The average molecular weight is 241 g/mol. The topological polar surface area (TPSA) is 78.6 Å². The quantitative estimate of drug-likeness (QED) is 0.646. The van der Waals surface area contributed by atoms with Crippen molar-refractivity contribution in [1.29, 1.82) is 0 Å². The first-order chi connectivity index (χ1) is 8.09. The van der Waals surface area contributed by atoms with Crippen LogP contribution in [0, 0.1) is 0 Å². The normalized spacial score (nSPS) is 29.4. The van der Waals surface area contributed by atoms with Gasteiger partial charge in [0.05, 0.1) is 0 Å². The summed E-state index contributed by atoms with van der Waals surface area (Å²) in [6.07, 6.45) is 5.74. The molecule has 1 saturated carbocycles. The van der Waals surface area contributed by atoms with E-state index in [4.69, 9.17) is 10.8 Å². The minimum absolute atomic E-state index is 0.0175. The van der Waals surface area contributed by atoms with Crippen molar-refractivity contribution in [2.24, 2.45) is 5.73 Å². The van der Waals surface area contributed by atoms with E-state index in [1.54, 1.807) is 0 Å². The number of piperazine rings is 1. The highest BCUT2D eigenvalue weighted by atomic mass is 16.4. The molecule has 0 spiro atoms. The second-order valence-electron chi connectivity index (χ2n) is 5.47. The van der Waals surface area contributed by atoms with Gasteiger partial charge in [-0.25, -0.2) is 0 Å². The molecule has 2 fully saturated rings. The van der Waals surface area contributed by atoms with Crippen LogP contribution in [0.15, 0.2) is 0 Å². The van der Waals surface area contributed by atoms with Gasteiger partial charge in [0.1, 0.15) is 6.04 Å². The number of hydrogen-bond acceptors (Lipinski definition) is 4. The Labute approximate surface area is 102 Å². The first kappa shape index (κ1) is 12.8. The van der Waals surface area contributed by atoms with Crippen LogP contribution in [0.1, 0.15) is 32.1 Å². The minimum atomic E-state index is -0.752. The van der Waals surface area contributed by atoms with Crippen molar-refractivity contribution in [3.05, 3.63) is 0 Å². The summed E-state index contributed by atoms with van der Waals surface area (Å²) in [6, 6.07) is -0.416. The predicted octanol–water partition coefficient (Wildman–Crippen LogP) is 0.00640. The van der Waals surface area contributed by atoms with Crippen LogP contribution in [0.5, 0.6) is 0 Å². The van der Waals surface area contributed by atoms with Gasteiger partial charge in [-0.05, 0) is 19.3 Å². The number of hydrogen-bond donors (Lipinski definition) is 3. The number of nitrogens with zero attached hydrogens (tertiary/aromatic N) is 1. The van der Waals surface area contributed by atoms with Crippen LogP contribution in [-0.4, -0.2) is 53.7 Å². The van der Waals surface area contributed by atoms with Gasteiger partial charge in [-0.2, -0.15) is 0 Å². The van der Waals surface area contributed by atoms with Crippen molar-refractivity contribution in [2.45, 2.75) is 43.7 Å². The maximum atomic E-state index is 10.9. The summed E-state index contributed by atoms with van der Waals surface area (Å²) in [6.45, 7) is 3.22. The number of carboxylic acid groups (broad SMARTS) is 1. The van der Waals surface area contributed by atoms with Gasteiger partial charge in [0.15, 0.2) is 0 Å². The number of carbonyl (C=O) groups is 1. The molecule has 2 rings (SSSR count). The third-order valence-electron chi connectivity index (χ3n) is 4.08. The minimum Gasteiger partial charge on any atom is -0.480 e. The van der Waals surface area contributed by atoms with Gasteiger partial charge in [0.25, 0.3) is 0 Å². The third-order valence-corrected chi connectivity index (χ3v) is 4.08. The number of aliphatic carboxylic acids is 1. The molecule has 0 aromatic heterocycles. The molecule has 98 valence electrons. The van der Waals surface area contributed by atoms with Gasteiger partial charge in [-0.15, -0.1) is 0 Å². The Morgan fingerprint density at radius 3 is 2.82 bits per heavy atom. The highest BCUT2D eigenvalue weighted by Crippen LogP contribution is 2.30. The fourth-order valence-corrected chi connectivity index (χ4v) is 2.89. The van der Waals surface area contributed by atoms with E-state index in [0.29, 0.717) is 6.54 Å². The molecule has 1 heterocycles. The zero-order valence-corrected chi connectivity index (χ0v) is 10.3. The fourth-order valence-electron chi connectivity index (χ4n) is 2.89. The molecular weight excluding hydrogens is 218 g/mol. The van der Waals surface area contributed by atoms with Crippen LogP contribution in [0.3, 0.4) is 0 Å². The largest absolute Gasteiger partial charge is 0.480 e. The maximum Gasteiger partial charge on any atom is 0.322 e. The van der Waals surface area contributed by atoms with Gasteiger partial charge in [0.2, 0.25) is 0 Å². The van der Waals surface area contributed by atoms with E-state index in [-0.39, 0.29) is 5.54 Å². The first-order valence-corrected chi connectivity index (χ1v) is 6.56. The predicted molar refractivity (Wildman–Crippen MR) is 65.9 cm³/mol. The summed E-state index contributed by atoms with van der Waals surface area (Å²) in [4.78, 5) is 13.1. The standard InChI is InChI=1S/C12H23N3O2/c13-12(3-1-2-4-12)5-7-15-8-6-14-10(9-15)11(16)17/h10,14H,1-9,13H2,(H,16,17). The summed E-state index contributed by atoms with van der Waals surface area (Å²) in [5.41, 5.74) is 6.33. The van der Waals surface area contributed by atoms with Crippen molar-refractivity contribution < 1.29 is 9.90 Å². The van der Waals surface area contributed by atoms with Gasteiger partial charge < -0.3 is 16.2 Å². The van der Waals surface area contributed by atoms with E-state index in [2.05, 4.69) is 10.2 Å². The Morgan fingerprint density at radius 2 is 2.18 bits per heavy atom. The monoisotopic (exact) mass is 241 g/mol. The molecule has 1 saturated heterocycles. The number of nitrogens with one attached hydrogen (secondary N) is 1. The number of rotatable bonds is 4. The molecule has 0 aromatic rings. The van der Waals surface area contributed by atoms with Gasteiger partial charge >= 0.3 is 5.97 Å². The Hall–Kier alpha value is -0.650. The van der Waals surface area contributed by atoms with Crippen LogP contribution in [0.2, 0.25) is 0 Å².